The molecule has 0 bridgehead atoms. The first kappa shape index (κ1) is 17.3. The zero-order valence-electron chi connectivity index (χ0n) is 11.9. The molecule has 0 saturated carbocycles. The molecule has 0 saturated heterocycles. The number of rotatable bonds is 8. The van der Waals surface area contributed by atoms with Crippen LogP contribution in [0.2, 0.25) is 5.02 Å². The van der Waals surface area contributed by atoms with Gasteiger partial charge in [0.1, 0.15) is 15.6 Å². The monoisotopic (exact) mass is 319 g/mol. The lowest BCUT2D eigenvalue weighted by atomic mass is 10.0. The summed E-state index contributed by atoms with van der Waals surface area (Å²) in [6, 6.07) is 5.50. The molecule has 0 spiro atoms. The van der Waals surface area contributed by atoms with Gasteiger partial charge in [-0.3, -0.25) is 0 Å². The molecule has 0 aliphatic carbocycles. The molecule has 1 atom stereocenters. The molecular weight excluding hydrogens is 298 g/mol. The molecule has 1 unspecified atom stereocenters. The van der Waals surface area contributed by atoms with Crippen molar-refractivity contribution in [3.8, 4) is 5.75 Å². The third kappa shape index (κ3) is 6.11. The van der Waals surface area contributed by atoms with Crippen LogP contribution in [0.5, 0.6) is 5.75 Å². The van der Waals surface area contributed by atoms with Crippen LogP contribution < -0.4 is 10.5 Å². The van der Waals surface area contributed by atoms with E-state index >= 15 is 0 Å². The normalized spacial score (nSPS) is 13.2. The van der Waals surface area contributed by atoms with E-state index in [1.807, 2.05) is 25.1 Å². The highest BCUT2D eigenvalue weighted by Crippen LogP contribution is 2.28. The highest BCUT2D eigenvalue weighted by Gasteiger charge is 2.12. The first-order valence-electron chi connectivity index (χ1n) is 6.67. The van der Waals surface area contributed by atoms with Crippen LogP contribution in [-0.4, -0.2) is 33.1 Å². The van der Waals surface area contributed by atoms with E-state index in [9.17, 15) is 8.42 Å². The molecule has 0 aromatic heterocycles. The van der Waals surface area contributed by atoms with E-state index < -0.39 is 9.84 Å². The minimum Gasteiger partial charge on any atom is -0.493 e. The van der Waals surface area contributed by atoms with Gasteiger partial charge in [0.2, 0.25) is 0 Å². The highest BCUT2D eigenvalue weighted by molar-refractivity contribution is 7.90. The molecule has 1 aromatic rings. The molecule has 20 heavy (non-hydrogen) atoms. The van der Waals surface area contributed by atoms with Crippen LogP contribution in [0.15, 0.2) is 18.2 Å². The Balaban J connectivity index is 2.67. The smallest absolute Gasteiger partial charge is 0.147 e. The summed E-state index contributed by atoms with van der Waals surface area (Å²) in [5, 5.41) is 0.634. The van der Waals surface area contributed by atoms with Gasteiger partial charge in [0.25, 0.3) is 0 Å². The zero-order chi connectivity index (χ0) is 15.2. The van der Waals surface area contributed by atoms with Crippen molar-refractivity contribution in [2.75, 3.05) is 18.6 Å². The highest BCUT2D eigenvalue weighted by atomic mass is 35.5. The summed E-state index contributed by atoms with van der Waals surface area (Å²) in [5.41, 5.74) is 6.85. The van der Waals surface area contributed by atoms with Crippen LogP contribution in [-0.2, 0) is 16.3 Å². The van der Waals surface area contributed by atoms with E-state index in [-0.39, 0.29) is 11.8 Å². The fourth-order valence-electron chi connectivity index (χ4n) is 1.78. The minimum absolute atomic E-state index is 0.0354. The van der Waals surface area contributed by atoms with Gasteiger partial charge in [-0.05, 0) is 31.4 Å². The molecule has 4 nitrogen and oxygen atoms in total. The number of nitrogens with two attached hydrogens (primary N) is 1. The Bertz CT molecular complexity index is 531. The van der Waals surface area contributed by atoms with Gasteiger partial charge in [-0.25, -0.2) is 8.42 Å². The van der Waals surface area contributed by atoms with Crippen LogP contribution >= 0.6 is 11.6 Å². The predicted molar refractivity (Wildman–Crippen MR) is 83.2 cm³/mol. The van der Waals surface area contributed by atoms with E-state index in [0.717, 1.165) is 12.0 Å². The number of benzene rings is 1. The fraction of sp³-hybridized carbons (Fsp3) is 0.571. The second-order valence-corrected chi connectivity index (χ2v) is 7.59. The zero-order valence-corrected chi connectivity index (χ0v) is 13.5. The molecular formula is C14H22ClNO3S. The molecule has 6 heteroatoms. The molecule has 1 rings (SSSR count). The van der Waals surface area contributed by atoms with E-state index in [2.05, 4.69) is 0 Å². The quantitative estimate of drug-likeness (QED) is 0.747. The summed E-state index contributed by atoms with van der Waals surface area (Å²) in [4.78, 5) is 0. The fourth-order valence-corrected chi connectivity index (χ4v) is 2.67. The summed E-state index contributed by atoms with van der Waals surface area (Å²) in [6.07, 6.45) is 3.19. The van der Waals surface area contributed by atoms with Crippen LogP contribution in [0.25, 0.3) is 0 Å². The maximum atomic E-state index is 11.1. The second kappa shape index (κ2) is 7.86. The van der Waals surface area contributed by atoms with E-state index in [1.54, 1.807) is 0 Å². The molecule has 2 N–H and O–H groups in total. The average Bonchev–Trinajstić information content (AvgIpc) is 2.36. The van der Waals surface area contributed by atoms with Gasteiger partial charge < -0.3 is 10.5 Å². The maximum absolute atomic E-state index is 11.1. The topological polar surface area (TPSA) is 69.4 Å². The second-order valence-electron chi connectivity index (χ2n) is 4.92. The molecule has 114 valence electrons. The Morgan fingerprint density at radius 1 is 1.40 bits per heavy atom. The third-order valence-corrected chi connectivity index (χ3v) is 4.37. The van der Waals surface area contributed by atoms with Crippen LogP contribution in [0.1, 0.15) is 25.3 Å². The Morgan fingerprint density at radius 2 is 2.10 bits per heavy atom. The first-order chi connectivity index (χ1) is 9.33. The standard InChI is InChI=1S/C14H22ClNO3S/c1-3-11(16)10-12-13(15)6-4-7-14(12)19-8-5-9-20(2,17)18/h4,6-7,11H,3,5,8-10,16H2,1-2H3. The van der Waals surface area contributed by atoms with Crippen molar-refractivity contribution >= 4 is 21.4 Å². The van der Waals surface area contributed by atoms with Crippen molar-refractivity contribution in [3.63, 3.8) is 0 Å². The summed E-state index contributed by atoms with van der Waals surface area (Å²) < 4.78 is 27.8. The maximum Gasteiger partial charge on any atom is 0.147 e. The summed E-state index contributed by atoms with van der Waals surface area (Å²) in [5.74, 6) is 0.812. The van der Waals surface area contributed by atoms with Crippen LogP contribution in [0.3, 0.4) is 0 Å². The van der Waals surface area contributed by atoms with Crippen LogP contribution in [0, 0.1) is 0 Å². The van der Waals surface area contributed by atoms with E-state index in [4.69, 9.17) is 22.1 Å². The van der Waals surface area contributed by atoms with Gasteiger partial charge >= 0.3 is 0 Å². The summed E-state index contributed by atoms with van der Waals surface area (Å²) >= 11 is 6.18. The number of sulfone groups is 1. The Labute approximate surface area is 126 Å². The van der Waals surface area contributed by atoms with Crippen molar-refractivity contribution in [2.45, 2.75) is 32.2 Å². The van der Waals surface area contributed by atoms with Crippen molar-refractivity contribution in [2.24, 2.45) is 5.73 Å². The van der Waals surface area contributed by atoms with E-state index in [0.29, 0.717) is 30.2 Å². The minimum atomic E-state index is -2.95. The number of hydrogen-bond donors (Lipinski definition) is 1. The first-order valence-corrected chi connectivity index (χ1v) is 9.11. The average molecular weight is 320 g/mol. The van der Waals surface area contributed by atoms with Gasteiger partial charge in [-0.15, -0.1) is 0 Å². The van der Waals surface area contributed by atoms with Gasteiger partial charge in [-0.1, -0.05) is 24.6 Å². The summed E-state index contributed by atoms with van der Waals surface area (Å²) in [7, 11) is -2.95. The largest absolute Gasteiger partial charge is 0.493 e. The molecule has 0 heterocycles. The predicted octanol–water partition coefficient (Wildman–Crippen LogP) is 2.43. The van der Waals surface area contributed by atoms with Gasteiger partial charge in [0.05, 0.1) is 12.4 Å². The summed E-state index contributed by atoms with van der Waals surface area (Å²) in [6.45, 7) is 2.37. The Kier molecular flexibility index (Phi) is 6.79. The molecule has 0 fully saturated rings. The van der Waals surface area contributed by atoms with Gasteiger partial charge in [-0.2, -0.15) is 0 Å². The Morgan fingerprint density at radius 3 is 2.70 bits per heavy atom. The molecule has 0 aliphatic rings. The number of ether oxygens (including phenoxy) is 1. The Hall–Kier alpha value is -0.780. The SMILES string of the molecule is CCC(N)Cc1c(Cl)cccc1OCCCS(C)(=O)=O. The van der Waals surface area contributed by atoms with Crippen molar-refractivity contribution in [1.29, 1.82) is 0 Å². The number of hydrogen-bond acceptors (Lipinski definition) is 4. The van der Waals surface area contributed by atoms with E-state index in [1.165, 1.54) is 6.26 Å². The number of halogens is 1. The van der Waals surface area contributed by atoms with Gasteiger partial charge in [0.15, 0.2) is 0 Å². The van der Waals surface area contributed by atoms with Crippen LogP contribution in [0.4, 0.5) is 0 Å². The lowest BCUT2D eigenvalue weighted by Crippen LogP contribution is -2.22. The van der Waals surface area contributed by atoms with Gasteiger partial charge in [0, 0.05) is 22.9 Å². The van der Waals surface area contributed by atoms with Crippen molar-refractivity contribution < 1.29 is 13.2 Å². The van der Waals surface area contributed by atoms with Crippen molar-refractivity contribution in [3.05, 3.63) is 28.8 Å². The molecule has 1 aromatic carbocycles. The molecule has 0 amide bonds. The lowest BCUT2D eigenvalue weighted by molar-refractivity contribution is 0.313. The molecule has 0 aliphatic heterocycles. The van der Waals surface area contributed by atoms with Crippen molar-refractivity contribution in [1.82, 2.24) is 0 Å². The lowest BCUT2D eigenvalue weighted by Gasteiger charge is -2.15. The third-order valence-electron chi connectivity index (χ3n) is 2.98. The molecule has 0 radical (unpaired) electrons.